The molecule has 2 heteroatoms. The minimum atomic E-state index is 0.639. The molecule has 17 heavy (non-hydrogen) atoms. The van der Waals surface area contributed by atoms with Crippen molar-refractivity contribution in [1.29, 1.82) is 0 Å². The summed E-state index contributed by atoms with van der Waals surface area (Å²) < 4.78 is 11.4. The van der Waals surface area contributed by atoms with Gasteiger partial charge in [0.05, 0.1) is 24.4 Å². The third-order valence-electron chi connectivity index (χ3n) is 5.87. The highest BCUT2D eigenvalue weighted by molar-refractivity contribution is 4.98. The van der Waals surface area contributed by atoms with Gasteiger partial charge in [0.25, 0.3) is 0 Å². The van der Waals surface area contributed by atoms with Crippen LogP contribution >= 0.6 is 0 Å². The van der Waals surface area contributed by atoms with Crippen molar-refractivity contribution in [1.82, 2.24) is 0 Å². The van der Waals surface area contributed by atoms with E-state index in [1.165, 1.54) is 32.1 Å². The van der Waals surface area contributed by atoms with Gasteiger partial charge in [-0.1, -0.05) is 13.8 Å². The van der Waals surface area contributed by atoms with E-state index in [0.29, 0.717) is 24.4 Å². The monoisotopic (exact) mass is 236 g/mol. The Labute approximate surface area is 104 Å². The van der Waals surface area contributed by atoms with Crippen molar-refractivity contribution in [3.8, 4) is 0 Å². The lowest BCUT2D eigenvalue weighted by molar-refractivity contribution is 0.175. The number of hydrogen-bond donors (Lipinski definition) is 0. The normalized spacial score (nSPS) is 60.4. The van der Waals surface area contributed by atoms with Crippen molar-refractivity contribution < 1.29 is 9.47 Å². The molecule has 0 radical (unpaired) electrons. The maximum atomic E-state index is 5.70. The zero-order valence-electron chi connectivity index (χ0n) is 11.0. The Kier molecular flexibility index (Phi) is 2.36. The second-order valence-corrected chi connectivity index (χ2v) is 7.08. The Bertz CT molecular complexity index is 286. The van der Waals surface area contributed by atoms with Crippen molar-refractivity contribution >= 4 is 0 Å². The quantitative estimate of drug-likeness (QED) is 0.689. The number of fused-ring (bicyclic) bond motifs is 2. The van der Waals surface area contributed by atoms with E-state index in [0.717, 1.165) is 23.7 Å². The zero-order valence-corrected chi connectivity index (χ0v) is 11.0. The zero-order chi connectivity index (χ0) is 11.6. The molecule has 8 atom stereocenters. The fourth-order valence-electron chi connectivity index (χ4n) is 4.41. The van der Waals surface area contributed by atoms with E-state index in [1.54, 1.807) is 0 Å². The Balaban J connectivity index is 1.38. The van der Waals surface area contributed by atoms with Crippen LogP contribution < -0.4 is 0 Å². The summed E-state index contributed by atoms with van der Waals surface area (Å²) in [5.74, 6) is 3.59. The van der Waals surface area contributed by atoms with E-state index < -0.39 is 0 Å². The predicted molar refractivity (Wildman–Crippen MR) is 65.7 cm³/mol. The standard InChI is InChI=1S/C15H24O2/c1-8-3-12-14(16-12)6-10(8)5-11-7-15-13(17-15)4-9(11)2/h8-15H,3-7H2,1-2H3. The lowest BCUT2D eigenvalue weighted by Crippen LogP contribution is -2.29. The molecule has 4 rings (SSSR count). The van der Waals surface area contributed by atoms with Gasteiger partial charge < -0.3 is 9.47 Å². The molecule has 2 saturated carbocycles. The van der Waals surface area contributed by atoms with Crippen LogP contribution in [0.2, 0.25) is 0 Å². The van der Waals surface area contributed by atoms with Gasteiger partial charge in [-0.15, -0.1) is 0 Å². The van der Waals surface area contributed by atoms with Crippen molar-refractivity contribution in [3.63, 3.8) is 0 Å². The summed E-state index contributed by atoms with van der Waals surface area (Å²) >= 11 is 0. The molecule has 0 aromatic rings. The first-order valence-corrected chi connectivity index (χ1v) is 7.51. The Morgan fingerprint density at radius 2 is 1.12 bits per heavy atom. The van der Waals surface area contributed by atoms with Crippen LogP contribution in [0.4, 0.5) is 0 Å². The second-order valence-electron chi connectivity index (χ2n) is 7.08. The molecule has 2 heterocycles. The molecule has 4 fully saturated rings. The van der Waals surface area contributed by atoms with Crippen LogP contribution in [-0.4, -0.2) is 24.4 Å². The molecule has 0 spiro atoms. The van der Waals surface area contributed by atoms with Crippen LogP contribution in [0.25, 0.3) is 0 Å². The van der Waals surface area contributed by atoms with E-state index in [4.69, 9.17) is 9.47 Å². The summed E-state index contributed by atoms with van der Waals surface area (Å²) in [7, 11) is 0. The third-order valence-corrected chi connectivity index (χ3v) is 5.87. The van der Waals surface area contributed by atoms with Gasteiger partial charge in [-0.2, -0.15) is 0 Å². The Morgan fingerprint density at radius 3 is 1.59 bits per heavy atom. The van der Waals surface area contributed by atoms with Gasteiger partial charge >= 0.3 is 0 Å². The van der Waals surface area contributed by atoms with Crippen LogP contribution in [0.15, 0.2) is 0 Å². The molecule has 4 aliphatic rings. The lowest BCUT2D eigenvalue weighted by atomic mass is 9.70. The average Bonchev–Trinajstić information content (AvgIpc) is 3.15. The van der Waals surface area contributed by atoms with Gasteiger partial charge in [-0.3, -0.25) is 0 Å². The Hall–Kier alpha value is -0.0800. The van der Waals surface area contributed by atoms with E-state index in [2.05, 4.69) is 13.8 Å². The summed E-state index contributed by atoms with van der Waals surface area (Å²) in [5.41, 5.74) is 0. The summed E-state index contributed by atoms with van der Waals surface area (Å²) in [6, 6.07) is 0. The highest BCUT2D eigenvalue weighted by Crippen LogP contribution is 2.49. The van der Waals surface area contributed by atoms with E-state index in [9.17, 15) is 0 Å². The highest BCUT2D eigenvalue weighted by Gasteiger charge is 2.50. The average molecular weight is 236 g/mol. The van der Waals surface area contributed by atoms with Crippen molar-refractivity contribution in [3.05, 3.63) is 0 Å². The maximum absolute atomic E-state index is 5.70. The predicted octanol–water partition coefficient (Wildman–Crippen LogP) is 3.00. The van der Waals surface area contributed by atoms with E-state index in [1.807, 2.05) is 0 Å². The fourth-order valence-corrected chi connectivity index (χ4v) is 4.41. The van der Waals surface area contributed by atoms with Crippen molar-refractivity contribution in [2.45, 2.75) is 70.4 Å². The van der Waals surface area contributed by atoms with Crippen LogP contribution in [0.5, 0.6) is 0 Å². The minimum absolute atomic E-state index is 0.639. The molecule has 2 saturated heterocycles. The molecule has 0 amide bonds. The number of epoxide rings is 2. The van der Waals surface area contributed by atoms with Gasteiger partial charge in [0.2, 0.25) is 0 Å². The minimum Gasteiger partial charge on any atom is -0.370 e. The SMILES string of the molecule is CC1CC2OC2CC1CC1CC2OC2CC1C. The topological polar surface area (TPSA) is 25.1 Å². The van der Waals surface area contributed by atoms with Crippen LogP contribution in [-0.2, 0) is 9.47 Å². The van der Waals surface area contributed by atoms with Crippen molar-refractivity contribution in [2.24, 2.45) is 23.7 Å². The molecular formula is C15H24O2. The highest BCUT2D eigenvalue weighted by atomic mass is 16.6. The lowest BCUT2D eigenvalue weighted by Gasteiger charge is -2.34. The number of hydrogen-bond acceptors (Lipinski definition) is 2. The summed E-state index contributed by atoms with van der Waals surface area (Å²) in [6.07, 6.45) is 9.30. The largest absolute Gasteiger partial charge is 0.370 e. The molecule has 0 N–H and O–H groups in total. The maximum Gasteiger partial charge on any atom is 0.0844 e. The van der Waals surface area contributed by atoms with Gasteiger partial charge in [0.15, 0.2) is 0 Å². The first-order valence-electron chi connectivity index (χ1n) is 7.51. The molecule has 8 unspecified atom stereocenters. The number of rotatable bonds is 2. The first-order chi connectivity index (χ1) is 8.20. The smallest absolute Gasteiger partial charge is 0.0844 e. The molecule has 2 aliphatic heterocycles. The van der Waals surface area contributed by atoms with E-state index in [-0.39, 0.29) is 0 Å². The molecule has 0 aromatic heterocycles. The first kappa shape index (κ1) is 10.8. The molecule has 2 aliphatic carbocycles. The molecule has 0 bridgehead atoms. The third kappa shape index (κ3) is 1.94. The van der Waals surface area contributed by atoms with Gasteiger partial charge in [0.1, 0.15) is 0 Å². The van der Waals surface area contributed by atoms with Crippen molar-refractivity contribution in [2.75, 3.05) is 0 Å². The summed E-state index contributed by atoms with van der Waals surface area (Å²) in [4.78, 5) is 0. The van der Waals surface area contributed by atoms with Gasteiger partial charge in [0, 0.05) is 0 Å². The molecule has 2 nitrogen and oxygen atoms in total. The number of ether oxygens (including phenoxy) is 2. The molecule has 96 valence electrons. The van der Waals surface area contributed by atoms with Gasteiger partial charge in [-0.25, -0.2) is 0 Å². The molecule has 0 aromatic carbocycles. The van der Waals surface area contributed by atoms with Crippen LogP contribution in [0, 0.1) is 23.7 Å². The summed E-state index contributed by atoms with van der Waals surface area (Å²) in [5, 5.41) is 0. The fraction of sp³-hybridized carbons (Fsp3) is 1.00. The second kappa shape index (κ2) is 3.71. The van der Waals surface area contributed by atoms with Crippen LogP contribution in [0.3, 0.4) is 0 Å². The van der Waals surface area contributed by atoms with Gasteiger partial charge in [-0.05, 0) is 55.8 Å². The van der Waals surface area contributed by atoms with Crippen LogP contribution in [0.1, 0.15) is 46.0 Å². The molecular weight excluding hydrogens is 212 g/mol. The Morgan fingerprint density at radius 1 is 0.706 bits per heavy atom. The van der Waals surface area contributed by atoms with E-state index >= 15 is 0 Å². The summed E-state index contributed by atoms with van der Waals surface area (Å²) in [6.45, 7) is 4.87.